The molecule has 1 aromatic carbocycles. The number of fused-ring (bicyclic) bond motifs is 2. The molecule has 0 saturated carbocycles. The number of aryl methyl sites for hydroxylation is 2. The SMILES string of the molecule is Cc1cnc(-c2cc3c(cc2Sc2nc4nc(CCCNC(C)(C)C)nc(N)c4[nH]2)OCO3)s1. The van der Waals surface area contributed by atoms with Crippen LogP contribution in [0.5, 0.6) is 11.5 Å². The molecule has 178 valence electrons. The van der Waals surface area contributed by atoms with Crippen molar-refractivity contribution in [3.05, 3.63) is 29.0 Å². The van der Waals surface area contributed by atoms with Crippen LogP contribution in [0, 0.1) is 6.92 Å². The van der Waals surface area contributed by atoms with Crippen LogP contribution in [0.4, 0.5) is 5.82 Å². The fourth-order valence-electron chi connectivity index (χ4n) is 3.57. The number of imidazole rings is 1. The molecule has 1 aliphatic heterocycles. The number of hydrogen-bond donors (Lipinski definition) is 3. The van der Waals surface area contributed by atoms with Gasteiger partial charge in [-0.3, -0.25) is 0 Å². The topological polar surface area (TPSA) is 124 Å². The predicted molar refractivity (Wildman–Crippen MR) is 135 cm³/mol. The normalized spacial score (nSPS) is 13.2. The molecule has 0 aliphatic carbocycles. The number of aromatic nitrogens is 5. The van der Waals surface area contributed by atoms with Crippen LogP contribution >= 0.6 is 23.1 Å². The maximum atomic E-state index is 6.24. The van der Waals surface area contributed by atoms with Crippen LogP contribution in [0.3, 0.4) is 0 Å². The second-order valence-corrected chi connectivity index (χ2v) is 11.4. The van der Waals surface area contributed by atoms with Crippen LogP contribution in [0.15, 0.2) is 28.4 Å². The minimum Gasteiger partial charge on any atom is -0.454 e. The standard InChI is InChI=1S/C23H27N7O2S2/c1-12-10-25-21(33-12)13-8-14-15(32-11-31-14)9-16(13)34-22-29-18-19(24)27-17(28-20(18)30-22)6-5-7-26-23(2,3)4/h8-10,26H,5-7,11H2,1-4H3,(H3,24,27,28,29,30). The summed E-state index contributed by atoms with van der Waals surface area (Å²) in [5.41, 5.74) is 8.52. The smallest absolute Gasteiger partial charge is 0.231 e. The third-order valence-electron chi connectivity index (χ3n) is 5.17. The number of aromatic amines is 1. The minimum absolute atomic E-state index is 0.0864. The average Bonchev–Trinajstić information content (AvgIpc) is 3.49. The maximum Gasteiger partial charge on any atom is 0.231 e. The zero-order valence-corrected chi connectivity index (χ0v) is 21.2. The van der Waals surface area contributed by atoms with E-state index in [1.165, 1.54) is 11.8 Å². The summed E-state index contributed by atoms with van der Waals surface area (Å²) in [5, 5.41) is 5.07. The Morgan fingerprint density at radius 3 is 2.71 bits per heavy atom. The maximum absolute atomic E-state index is 6.24. The molecule has 4 aromatic rings. The minimum atomic E-state index is 0.0864. The van der Waals surface area contributed by atoms with Crippen LogP contribution in [-0.2, 0) is 6.42 Å². The number of anilines is 1. The van der Waals surface area contributed by atoms with Crippen molar-refractivity contribution < 1.29 is 9.47 Å². The van der Waals surface area contributed by atoms with E-state index >= 15 is 0 Å². The molecule has 4 N–H and O–H groups in total. The van der Waals surface area contributed by atoms with Crippen molar-refractivity contribution >= 4 is 40.1 Å². The van der Waals surface area contributed by atoms with Crippen LogP contribution < -0.4 is 20.5 Å². The van der Waals surface area contributed by atoms with E-state index in [1.807, 2.05) is 25.3 Å². The van der Waals surface area contributed by atoms with E-state index in [9.17, 15) is 0 Å². The molecule has 3 aromatic heterocycles. The van der Waals surface area contributed by atoms with Gasteiger partial charge in [0.2, 0.25) is 6.79 Å². The molecule has 4 heterocycles. The summed E-state index contributed by atoms with van der Waals surface area (Å²) in [6.07, 6.45) is 3.52. The Bertz CT molecular complexity index is 1340. The zero-order valence-electron chi connectivity index (χ0n) is 19.6. The summed E-state index contributed by atoms with van der Waals surface area (Å²) < 4.78 is 11.2. The van der Waals surface area contributed by atoms with Gasteiger partial charge in [0.25, 0.3) is 0 Å². The van der Waals surface area contributed by atoms with E-state index in [0.29, 0.717) is 33.7 Å². The highest BCUT2D eigenvalue weighted by molar-refractivity contribution is 7.99. The first-order valence-electron chi connectivity index (χ1n) is 11.1. The van der Waals surface area contributed by atoms with Crippen molar-refractivity contribution in [1.82, 2.24) is 30.2 Å². The number of thiazole rings is 1. The van der Waals surface area contributed by atoms with Crippen LogP contribution in [0.2, 0.25) is 0 Å². The monoisotopic (exact) mass is 497 g/mol. The van der Waals surface area contributed by atoms with Gasteiger partial charge in [0, 0.05) is 33.5 Å². The van der Waals surface area contributed by atoms with Crippen molar-refractivity contribution in [2.45, 2.75) is 56.1 Å². The van der Waals surface area contributed by atoms with Gasteiger partial charge >= 0.3 is 0 Å². The molecule has 1 aliphatic rings. The molecule has 34 heavy (non-hydrogen) atoms. The number of ether oxygens (including phenoxy) is 2. The molecule has 11 heteroatoms. The first-order valence-corrected chi connectivity index (χ1v) is 12.7. The van der Waals surface area contributed by atoms with Gasteiger partial charge in [0.1, 0.15) is 16.3 Å². The van der Waals surface area contributed by atoms with Crippen molar-refractivity contribution in [1.29, 1.82) is 0 Å². The van der Waals surface area contributed by atoms with Gasteiger partial charge in [-0.1, -0.05) is 11.8 Å². The fourth-order valence-corrected chi connectivity index (χ4v) is 5.36. The van der Waals surface area contributed by atoms with Gasteiger partial charge in [0.05, 0.1) is 0 Å². The number of hydrogen-bond acceptors (Lipinski definition) is 10. The largest absolute Gasteiger partial charge is 0.454 e. The third kappa shape index (κ3) is 4.96. The van der Waals surface area contributed by atoms with Crippen molar-refractivity contribution in [3.63, 3.8) is 0 Å². The molecule has 0 amide bonds. The molecule has 0 bridgehead atoms. The lowest BCUT2D eigenvalue weighted by Crippen LogP contribution is -2.36. The quantitative estimate of drug-likeness (QED) is 0.315. The Labute approximate surface area is 205 Å². The number of rotatable bonds is 7. The van der Waals surface area contributed by atoms with Crippen LogP contribution in [0.25, 0.3) is 21.7 Å². The molecule has 0 unspecified atom stereocenters. The summed E-state index contributed by atoms with van der Waals surface area (Å²) in [5.74, 6) is 2.54. The van der Waals surface area contributed by atoms with E-state index in [2.05, 4.69) is 46.0 Å². The molecule has 0 fully saturated rings. The van der Waals surface area contributed by atoms with Gasteiger partial charge < -0.3 is 25.5 Å². The van der Waals surface area contributed by atoms with Gasteiger partial charge in [-0.05, 0) is 52.8 Å². The molecule has 9 nitrogen and oxygen atoms in total. The van der Waals surface area contributed by atoms with Crippen molar-refractivity contribution in [2.75, 3.05) is 19.1 Å². The summed E-state index contributed by atoms with van der Waals surface area (Å²) in [6.45, 7) is 9.59. The van der Waals surface area contributed by atoms with Gasteiger partial charge in [-0.15, -0.1) is 11.3 Å². The zero-order chi connectivity index (χ0) is 23.9. The summed E-state index contributed by atoms with van der Waals surface area (Å²) in [4.78, 5) is 23.8. The van der Waals surface area contributed by atoms with Crippen LogP contribution in [0.1, 0.15) is 37.9 Å². The van der Waals surface area contributed by atoms with E-state index in [1.54, 1.807) is 11.3 Å². The number of nitrogen functional groups attached to an aromatic ring is 1. The molecule has 0 radical (unpaired) electrons. The lowest BCUT2D eigenvalue weighted by Gasteiger charge is -2.20. The van der Waals surface area contributed by atoms with E-state index < -0.39 is 0 Å². The first kappa shape index (κ1) is 22.9. The average molecular weight is 498 g/mol. The predicted octanol–water partition coefficient (Wildman–Crippen LogP) is 4.57. The Kier molecular flexibility index (Phi) is 6.09. The second kappa shape index (κ2) is 9.05. The highest BCUT2D eigenvalue weighted by Gasteiger charge is 2.22. The van der Waals surface area contributed by atoms with E-state index in [-0.39, 0.29) is 12.3 Å². The molecule has 5 rings (SSSR count). The van der Waals surface area contributed by atoms with Crippen molar-refractivity contribution in [3.8, 4) is 22.1 Å². The number of benzene rings is 1. The van der Waals surface area contributed by atoms with Gasteiger partial charge in [-0.25, -0.2) is 19.9 Å². The summed E-state index contributed by atoms with van der Waals surface area (Å²) in [6, 6.07) is 3.94. The lowest BCUT2D eigenvalue weighted by molar-refractivity contribution is 0.174. The number of nitrogens with two attached hydrogens (primary N) is 1. The number of nitrogens with zero attached hydrogens (tertiary/aromatic N) is 4. The van der Waals surface area contributed by atoms with Gasteiger partial charge in [0.15, 0.2) is 28.1 Å². The number of nitrogens with one attached hydrogen (secondary N) is 2. The number of H-pyrrole nitrogens is 1. The Morgan fingerprint density at radius 2 is 1.97 bits per heavy atom. The molecular weight excluding hydrogens is 470 g/mol. The highest BCUT2D eigenvalue weighted by atomic mass is 32.2. The highest BCUT2D eigenvalue weighted by Crippen LogP contribution is 2.45. The Hall–Kier alpha value is -2.89. The first-order chi connectivity index (χ1) is 16.2. The Morgan fingerprint density at radius 1 is 1.18 bits per heavy atom. The summed E-state index contributed by atoms with van der Waals surface area (Å²) in [7, 11) is 0. The van der Waals surface area contributed by atoms with Gasteiger partial charge in [-0.2, -0.15) is 0 Å². The van der Waals surface area contributed by atoms with E-state index in [0.717, 1.165) is 45.5 Å². The second-order valence-electron chi connectivity index (χ2n) is 9.13. The lowest BCUT2D eigenvalue weighted by atomic mass is 10.1. The third-order valence-corrected chi connectivity index (χ3v) is 7.06. The van der Waals surface area contributed by atoms with Crippen molar-refractivity contribution in [2.24, 2.45) is 0 Å². The molecular formula is C23H27N7O2S2. The molecule has 0 atom stereocenters. The molecule has 0 saturated heterocycles. The fraction of sp³-hybridized carbons (Fsp3) is 0.391. The summed E-state index contributed by atoms with van der Waals surface area (Å²) >= 11 is 3.11. The Balaban J connectivity index is 1.40. The van der Waals surface area contributed by atoms with E-state index in [4.69, 9.17) is 20.2 Å². The van der Waals surface area contributed by atoms with Crippen LogP contribution in [-0.4, -0.2) is 43.8 Å². The molecule has 0 spiro atoms.